The van der Waals surface area contributed by atoms with Crippen molar-refractivity contribution in [3.05, 3.63) is 119 Å². The van der Waals surface area contributed by atoms with Gasteiger partial charge >= 0.3 is 0 Å². The number of aromatic hydroxyl groups is 1. The second kappa shape index (κ2) is 19.1. The lowest BCUT2D eigenvalue weighted by molar-refractivity contribution is -0.114. The predicted molar refractivity (Wildman–Crippen MR) is 257 cm³/mol. The van der Waals surface area contributed by atoms with Crippen molar-refractivity contribution in [2.24, 2.45) is 30.7 Å². The van der Waals surface area contributed by atoms with Crippen molar-refractivity contribution < 1.29 is 40.6 Å². The molecule has 69 heavy (non-hydrogen) atoms. The lowest BCUT2D eigenvalue weighted by Gasteiger charge is -2.12. The quantitative estimate of drug-likeness (QED) is 0.0449. The topological polar surface area (TPSA) is 306 Å². The molecule has 0 bridgehead atoms. The standard InChI is InChI=1S/C46H35N11O9S3/c1-25-20-37(53-54-42-26(2)32(23-47)43-50-35-14-6-7-15-38(35)57(43)46(42)59)39(66-18-9-19-68(60,61)62)22-36(25)52-55-44-33(24-48)41(28-10-8-11-29(21-28)49-27(3)58)45(67-44)56-51-34-16-17-40(69(63,64)65)31-13-5-4-12-30(31)34/h4-8,10-17,20-22,59H,9,18-19H2,1-3H3,(H,49,58)(H,60,61,62)(H,63,64,65). The van der Waals surface area contributed by atoms with Crippen molar-refractivity contribution in [3.63, 3.8) is 0 Å². The highest BCUT2D eigenvalue weighted by atomic mass is 32.2. The predicted octanol–water partition coefficient (Wildman–Crippen LogP) is 11.5. The number of nitrogens with zero attached hydrogens (tertiary/aromatic N) is 10. The van der Waals surface area contributed by atoms with Crippen molar-refractivity contribution >= 4 is 103 Å². The van der Waals surface area contributed by atoms with Crippen molar-refractivity contribution in [3.8, 4) is 34.9 Å². The minimum absolute atomic E-state index is 0.0302. The molecule has 0 saturated carbocycles. The number of para-hydroxylation sites is 2. The van der Waals surface area contributed by atoms with Gasteiger partial charge in [0, 0.05) is 40.6 Å². The molecule has 1 amide bonds. The lowest BCUT2D eigenvalue weighted by Crippen LogP contribution is -2.08. The average Bonchev–Trinajstić information content (AvgIpc) is 3.87. The van der Waals surface area contributed by atoms with E-state index < -0.39 is 26.0 Å². The highest BCUT2D eigenvalue weighted by molar-refractivity contribution is 7.86. The van der Waals surface area contributed by atoms with Gasteiger partial charge in [-0.15, -0.1) is 30.7 Å². The van der Waals surface area contributed by atoms with E-state index in [2.05, 4.69) is 53.1 Å². The molecule has 4 N–H and O–H groups in total. The molecular weight excluding hydrogens is 947 g/mol. The number of ether oxygens (including phenoxy) is 1. The maximum Gasteiger partial charge on any atom is 0.295 e. The number of imidazole rings is 1. The second-order valence-corrected chi connectivity index (χ2v) is 19.1. The van der Waals surface area contributed by atoms with Crippen LogP contribution in [0.25, 0.3) is 38.6 Å². The molecule has 346 valence electrons. The molecule has 0 aliphatic heterocycles. The van der Waals surface area contributed by atoms with Gasteiger partial charge in [0.25, 0.3) is 20.2 Å². The first-order valence-electron chi connectivity index (χ1n) is 20.4. The third kappa shape index (κ3) is 9.89. The highest BCUT2D eigenvalue weighted by Crippen LogP contribution is 2.49. The first-order chi connectivity index (χ1) is 32.9. The van der Waals surface area contributed by atoms with Gasteiger partial charge in [0.05, 0.1) is 34.8 Å². The monoisotopic (exact) mass is 981 g/mol. The zero-order valence-electron chi connectivity index (χ0n) is 36.3. The maximum atomic E-state index is 12.2. The summed E-state index contributed by atoms with van der Waals surface area (Å²) in [7, 11) is -8.90. The first-order valence-corrected chi connectivity index (χ1v) is 24.3. The number of rotatable bonds is 14. The van der Waals surface area contributed by atoms with E-state index in [4.69, 9.17) is 4.74 Å². The van der Waals surface area contributed by atoms with Crippen LogP contribution >= 0.6 is 11.3 Å². The molecule has 3 heterocycles. The van der Waals surface area contributed by atoms with Crippen LogP contribution in [0.4, 0.5) is 38.4 Å². The number of amides is 1. The molecule has 0 aliphatic rings. The Hall–Kier alpha value is -8.32. The van der Waals surface area contributed by atoms with Crippen molar-refractivity contribution in [1.29, 1.82) is 10.5 Å². The fourth-order valence-corrected chi connectivity index (χ4v) is 9.45. The van der Waals surface area contributed by atoms with Gasteiger partial charge < -0.3 is 15.2 Å². The van der Waals surface area contributed by atoms with Crippen LogP contribution in [0.15, 0.2) is 133 Å². The summed E-state index contributed by atoms with van der Waals surface area (Å²) >= 11 is 0.957. The van der Waals surface area contributed by atoms with Gasteiger partial charge in [-0.3, -0.25) is 18.3 Å². The van der Waals surface area contributed by atoms with Crippen LogP contribution in [0.5, 0.6) is 11.6 Å². The Morgan fingerprint density at radius 1 is 0.797 bits per heavy atom. The Balaban J connectivity index is 1.22. The van der Waals surface area contributed by atoms with Crippen LogP contribution < -0.4 is 10.1 Å². The van der Waals surface area contributed by atoms with Gasteiger partial charge in [-0.05, 0) is 73.9 Å². The van der Waals surface area contributed by atoms with Crippen LogP contribution in [0.1, 0.15) is 35.6 Å². The number of carbonyl (C=O) groups excluding carboxylic acids is 1. The number of thiophene rings is 1. The van der Waals surface area contributed by atoms with Crippen LogP contribution in [0.2, 0.25) is 0 Å². The molecule has 0 atom stereocenters. The summed E-state index contributed by atoms with van der Waals surface area (Å²) in [6, 6.07) is 30.0. The fraction of sp³-hybridized carbons (Fsp3) is 0.130. The molecule has 0 saturated heterocycles. The van der Waals surface area contributed by atoms with E-state index in [9.17, 15) is 46.4 Å². The Morgan fingerprint density at radius 3 is 2.22 bits per heavy atom. The van der Waals surface area contributed by atoms with E-state index in [1.165, 1.54) is 35.6 Å². The van der Waals surface area contributed by atoms with E-state index >= 15 is 0 Å². The maximum absolute atomic E-state index is 12.2. The summed E-state index contributed by atoms with van der Waals surface area (Å²) in [5.41, 5.74) is 4.01. The Morgan fingerprint density at radius 2 is 1.49 bits per heavy atom. The minimum atomic E-state index is -4.58. The van der Waals surface area contributed by atoms with E-state index in [-0.39, 0.29) is 90.4 Å². The zero-order chi connectivity index (χ0) is 49.2. The van der Waals surface area contributed by atoms with Gasteiger partial charge in [0.2, 0.25) is 11.8 Å². The summed E-state index contributed by atoms with van der Waals surface area (Å²) < 4.78 is 73.9. The molecule has 5 aromatic carbocycles. The molecule has 20 nitrogen and oxygen atoms in total. The molecule has 0 radical (unpaired) electrons. The highest BCUT2D eigenvalue weighted by Gasteiger charge is 2.24. The molecule has 0 fully saturated rings. The van der Waals surface area contributed by atoms with Gasteiger partial charge in [-0.2, -0.15) is 27.4 Å². The summed E-state index contributed by atoms with van der Waals surface area (Å²) in [6.07, 6.45) is -0.111. The van der Waals surface area contributed by atoms with Crippen LogP contribution in [0, 0.1) is 36.5 Å². The number of nitrogens with one attached hydrogen (secondary N) is 1. The lowest BCUT2D eigenvalue weighted by atomic mass is 10.0. The van der Waals surface area contributed by atoms with Crippen molar-refractivity contribution in [2.45, 2.75) is 32.1 Å². The number of hydrogen-bond acceptors (Lipinski definition) is 17. The Bertz CT molecular complexity index is 3830. The van der Waals surface area contributed by atoms with Gasteiger partial charge in [-0.25, -0.2) is 4.98 Å². The van der Waals surface area contributed by atoms with Crippen LogP contribution in [-0.4, -0.2) is 58.7 Å². The summed E-state index contributed by atoms with van der Waals surface area (Å²) in [5, 5.41) is 62.5. The number of nitriles is 2. The molecule has 3 aromatic heterocycles. The number of hydrogen-bond donors (Lipinski definition) is 4. The largest absolute Gasteiger partial charge is 0.493 e. The summed E-state index contributed by atoms with van der Waals surface area (Å²) in [5.74, 6) is -1.21. The Kier molecular flexibility index (Phi) is 13.1. The number of carbonyl (C=O) groups is 1. The third-order valence-electron chi connectivity index (χ3n) is 10.5. The van der Waals surface area contributed by atoms with Crippen molar-refractivity contribution in [2.75, 3.05) is 17.7 Å². The minimum Gasteiger partial charge on any atom is -0.493 e. The zero-order valence-corrected chi connectivity index (χ0v) is 38.8. The number of fused-ring (bicyclic) bond motifs is 4. The molecule has 8 aromatic rings. The number of aryl methyl sites for hydroxylation is 1. The summed E-state index contributed by atoms with van der Waals surface area (Å²) in [6.45, 7) is 4.43. The molecule has 8 rings (SSSR count). The number of azo groups is 3. The average molecular weight is 982 g/mol. The third-order valence-corrected chi connectivity index (χ3v) is 13.2. The van der Waals surface area contributed by atoms with Crippen LogP contribution in [-0.2, 0) is 25.0 Å². The fourth-order valence-electron chi connectivity index (χ4n) is 7.35. The Labute approximate surface area is 396 Å². The molecule has 0 aliphatic carbocycles. The van der Waals surface area contributed by atoms with E-state index in [1.807, 2.05) is 0 Å². The molecule has 0 spiro atoms. The summed E-state index contributed by atoms with van der Waals surface area (Å²) in [4.78, 5) is 16.2. The van der Waals surface area contributed by atoms with Gasteiger partial charge in [0.1, 0.15) is 44.6 Å². The van der Waals surface area contributed by atoms with Gasteiger partial charge in [0.15, 0.2) is 16.3 Å². The number of pyridine rings is 1. The van der Waals surface area contributed by atoms with E-state index in [0.717, 1.165) is 11.3 Å². The smallest absolute Gasteiger partial charge is 0.295 e. The molecular formula is C46H35N11O9S3. The normalized spacial score (nSPS) is 12.2. The van der Waals surface area contributed by atoms with E-state index in [0.29, 0.717) is 44.4 Å². The SMILES string of the molecule is CC(=O)Nc1cccc(-c2c(N=Nc3ccc(S(=O)(=O)O)c4ccccc34)sc(N=Nc3cc(OCCCS(=O)(=O)O)c(N=Nc4c(C)c(C#N)c5nc6ccccc6n5c4O)cc3C)c2C#N)c1. The second-order valence-electron chi connectivity index (χ2n) is 15.2. The number of aromatic nitrogens is 2. The molecule has 0 unspecified atom stereocenters. The van der Waals surface area contributed by atoms with E-state index in [1.54, 1.807) is 86.6 Å². The number of benzene rings is 5. The van der Waals surface area contributed by atoms with Crippen molar-refractivity contribution in [1.82, 2.24) is 9.38 Å². The van der Waals surface area contributed by atoms with Crippen LogP contribution in [0.3, 0.4) is 0 Å². The molecule has 23 heteroatoms. The first kappa shape index (κ1) is 47.2. The number of anilines is 1. The van der Waals surface area contributed by atoms with Gasteiger partial charge in [-0.1, -0.05) is 59.9 Å².